The Morgan fingerprint density at radius 3 is 3.00 bits per heavy atom. The molecule has 0 saturated heterocycles. The van der Waals surface area contributed by atoms with E-state index in [4.69, 9.17) is 5.73 Å². The monoisotopic (exact) mass is 285 g/mol. The number of hydrogen-bond acceptors (Lipinski definition) is 3. The minimum Gasteiger partial charge on any atom is -0.398 e. The molecule has 112 valence electrons. The molecule has 0 radical (unpaired) electrons. The fourth-order valence-corrected chi connectivity index (χ4v) is 3.25. The molecular formula is C17H23N3O. The fraction of sp³-hybridized carbons (Fsp3) is 0.471. The Labute approximate surface area is 126 Å². The van der Waals surface area contributed by atoms with Crippen molar-refractivity contribution in [2.24, 2.45) is 0 Å². The average molecular weight is 285 g/mol. The smallest absolute Gasteiger partial charge is 0.240 e. The molecule has 3 rings (SSSR count). The third-order valence-electron chi connectivity index (χ3n) is 4.56. The molecule has 4 nitrogen and oxygen atoms in total. The highest BCUT2D eigenvalue weighted by Crippen LogP contribution is 2.25. The normalized spacial score (nSPS) is 18.2. The van der Waals surface area contributed by atoms with Gasteiger partial charge in [-0.25, -0.2) is 0 Å². The van der Waals surface area contributed by atoms with Crippen LogP contribution >= 0.6 is 0 Å². The predicted molar refractivity (Wildman–Crippen MR) is 84.5 cm³/mol. The van der Waals surface area contributed by atoms with Gasteiger partial charge in [-0.05, 0) is 42.9 Å². The maximum Gasteiger partial charge on any atom is 0.240 e. The molecule has 1 aliphatic heterocycles. The molecule has 2 N–H and O–H groups in total. The van der Waals surface area contributed by atoms with Crippen molar-refractivity contribution in [1.82, 2.24) is 9.80 Å². The zero-order chi connectivity index (χ0) is 14.8. The number of nitrogen functional groups attached to an aromatic ring is 1. The van der Waals surface area contributed by atoms with Gasteiger partial charge < -0.3 is 10.6 Å². The molecule has 1 amide bonds. The highest BCUT2D eigenvalue weighted by molar-refractivity contribution is 5.80. The van der Waals surface area contributed by atoms with Gasteiger partial charge in [-0.2, -0.15) is 0 Å². The lowest BCUT2D eigenvalue weighted by atomic mass is 9.98. The summed E-state index contributed by atoms with van der Waals surface area (Å²) in [5.41, 5.74) is 10.6. The Morgan fingerprint density at radius 2 is 2.24 bits per heavy atom. The van der Waals surface area contributed by atoms with E-state index >= 15 is 0 Å². The zero-order valence-electron chi connectivity index (χ0n) is 12.6. The second-order valence-corrected chi connectivity index (χ2v) is 5.99. The largest absolute Gasteiger partial charge is 0.398 e. The van der Waals surface area contributed by atoms with Gasteiger partial charge in [0.05, 0.1) is 6.54 Å². The molecular weight excluding hydrogens is 262 g/mol. The first kappa shape index (κ1) is 14.1. The van der Waals surface area contributed by atoms with Gasteiger partial charge >= 0.3 is 0 Å². The lowest BCUT2D eigenvalue weighted by molar-refractivity contribution is -0.129. The summed E-state index contributed by atoms with van der Waals surface area (Å²) in [5, 5.41) is 0. The summed E-state index contributed by atoms with van der Waals surface area (Å²) in [6.07, 6.45) is 6.42. The summed E-state index contributed by atoms with van der Waals surface area (Å²) in [6, 6.07) is 6.07. The highest BCUT2D eigenvalue weighted by atomic mass is 16.2. The van der Waals surface area contributed by atoms with E-state index in [0.717, 1.165) is 38.0 Å². The summed E-state index contributed by atoms with van der Waals surface area (Å²) >= 11 is 0. The quantitative estimate of drug-likeness (QED) is 0.866. The first-order chi connectivity index (χ1) is 10.1. The maximum absolute atomic E-state index is 12.4. The Morgan fingerprint density at radius 1 is 1.38 bits per heavy atom. The van der Waals surface area contributed by atoms with Gasteiger partial charge in [0.2, 0.25) is 5.91 Å². The highest BCUT2D eigenvalue weighted by Gasteiger charge is 2.22. The number of anilines is 1. The minimum atomic E-state index is 0.190. The van der Waals surface area contributed by atoms with Crippen molar-refractivity contribution in [2.45, 2.75) is 32.2 Å². The van der Waals surface area contributed by atoms with E-state index in [2.05, 4.69) is 17.0 Å². The third kappa shape index (κ3) is 2.95. The molecule has 0 spiro atoms. The molecule has 2 aliphatic rings. The van der Waals surface area contributed by atoms with Crippen LogP contribution in [0.2, 0.25) is 0 Å². The molecule has 1 aromatic rings. The molecule has 0 bridgehead atoms. The summed E-state index contributed by atoms with van der Waals surface area (Å²) in [6.45, 7) is 2.21. The number of rotatable bonds is 3. The summed E-state index contributed by atoms with van der Waals surface area (Å²) in [5.74, 6) is 0.190. The second-order valence-electron chi connectivity index (χ2n) is 5.99. The van der Waals surface area contributed by atoms with Crippen molar-refractivity contribution >= 4 is 11.6 Å². The van der Waals surface area contributed by atoms with Gasteiger partial charge in [-0.3, -0.25) is 9.69 Å². The van der Waals surface area contributed by atoms with Crippen LogP contribution < -0.4 is 5.73 Å². The zero-order valence-corrected chi connectivity index (χ0v) is 12.6. The molecule has 4 heteroatoms. The van der Waals surface area contributed by atoms with E-state index in [1.54, 1.807) is 0 Å². The van der Waals surface area contributed by atoms with Gasteiger partial charge in [-0.15, -0.1) is 0 Å². The van der Waals surface area contributed by atoms with Gasteiger partial charge in [0, 0.05) is 31.5 Å². The van der Waals surface area contributed by atoms with E-state index in [0.29, 0.717) is 6.54 Å². The van der Waals surface area contributed by atoms with Gasteiger partial charge in [0.1, 0.15) is 0 Å². The summed E-state index contributed by atoms with van der Waals surface area (Å²) in [4.78, 5) is 16.4. The molecule has 0 saturated carbocycles. The number of nitrogens with zero attached hydrogens (tertiary/aromatic N) is 2. The number of benzene rings is 1. The second kappa shape index (κ2) is 5.90. The SMILES string of the molecule is CN(C(=O)CN1CCc2c(N)cccc2C1)C1=CCCC1. The van der Waals surface area contributed by atoms with Crippen molar-refractivity contribution in [2.75, 3.05) is 25.9 Å². The van der Waals surface area contributed by atoms with Gasteiger partial charge in [0.15, 0.2) is 0 Å². The van der Waals surface area contributed by atoms with Crippen LogP contribution in [0.15, 0.2) is 30.0 Å². The first-order valence-electron chi connectivity index (χ1n) is 7.69. The fourth-order valence-electron chi connectivity index (χ4n) is 3.25. The lowest BCUT2D eigenvalue weighted by Gasteiger charge is -2.30. The van der Waals surface area contributed by atoms with Crippen molar-refractivity contribution in [3.8, 4) is 0 Å². The van der Waals surface area contributed by atoms with Crippen LogP contribution in [0, 0.1) is 0 Å². The van der Waals surface area contributed by atoms with Crippen LogP contribution in [0.4, 0.5) is 5.69 Å². The molecule has 0 atom stereocenters. The van der Waals surface area contributed by atoms with Crippen molar-refractivity contribution in [3.05, 3.63) is 41.1 Å². The molecule has 0 fully saturated rings. The Balaban J connectivity index is 1.63. The van der Waals surface area contributed by atoms with E-state index in [9.17, 15) is 4.79 Å². The molecule has 0 unspecified atom stereocenters. The number of likely N-dealkylation sites (N-methyl/N-ethyl adjacent to an activating group) is 1. The van der Waals surface area contributed by atoms with Crippen molar-refractivity contribution in [3.63, 3.8) is 0 Å². The van der Waals surface area contributed by atoms with Crippen LogP contribution in [0.5, 0.6) is 0 Å². The number of carbonyl (C=O) groups excluding carboxylic acids is 1. The molecule has 21 heavy (non-hydrogen) atoms. The molecule has 1 aromatic carbocycles. The van der Waals surface area contributed by atoms with Gasteiger partial charge in [0.25, 0.3) is 0 Å². The van der Waals surface area contributed by atoms with Crippen LogP contribution in [-0.4, -0.2) is 35.8 Å². The van der Waals surface area contributed by atoms with Crippen LogP contribution in [0.25, 0.3) is 0 Å². The number of nitrogens with two attached hydrogens (primary N) is 1. The third-order valence-corrected chi connectivity index (χ3v) is 4.56. The van der Waals surface area contributed by atoms with Crippen LogP contribution in [-0.2, 0) is 17.8 Å². The van der Waals surface area contributed by atoms with Crippen LogP contribution in [0.1, 0.15) is 30.4 Å². The first-order valence-corrected chi connectivity index (χ1v) is 7.69. The molecule has 1 aliphatic carbocycles. The van der Waals surface area contributed by atoms with Crippen molar-refractivity contribution in [1.29, 1.82) is 0 Å². The Hall–Kier alpha value is -1.81. The number of hydrogen-bond donors (Lipinski definition) is 1. The number of amides is 1. The van der Waals surface area contributed by atoms with Crippen molar-refractivity contribution < 1.29 is 4.79 Å². The van der Waals surface area contributed by atoms with E-state index in [-0.39, 0.29) is 5.91 Å². The number of fused-ring (bicyclic) bond motifs is 1. The maximum atomic E-state index is 12.4. The van der Waals surface area contributed by atoms with E-state index in [1.165, 1.54) is 23.2 Å². The van der Waals surface area contributed by atoms with Gasteiger partial charge in [-0.1, -0.05) is 18.2 Å². The lowest BCUT2D eigenvalue weighted by Crippen LogP contribution is -2.40. The standard InChI is InChI=1S/C17H23N3O/c1-19(14-6-2-3-7-14)17(21)12-20-10-9-15-13(11-20)5-4-8-16(15)18/h4-6,8H,2-3,7,9-12,18H2,1H3. The summed E-state index contributed by atoms with van der Waals surface area (Å²) in [7, 11) is 1.90. The minimum absolute atomic E-state index is 0.190. The number of carbonyl (C=O) groups is 1. The Bertz CT molecular complexity index is 579. The predicted octanol–water partition coefficient (Wildman–Crippen LogP) is 2.15. The number of allylic oxidation sites excluding steroid dienone is 2. The topological polar surface area (TPSA) is 49.6 Å². The Kier molecular flexibility index (Phi) is 3.97. The van der Waals surface area contributed by atoms with E-state index in [1.807, 2.05) is 24.1 Å². The van der Waals surface area contributed by atoms with Crippen LogP contribution in [0.3, 0.4) is 0 Å². The summed E-state index contributed by atoms with van der Waals surface area (Å²) < 4.78 is 0. The average Bonchev–Trinajstić information content (AvgIpc) is 3.00. The molecule has 0 aromatic heterocycles. The van der Waals surface area contributed by atoms with E-state index < -0.39 is 0 Å². The molecule has 1 heterocycles.